The number of alkyl halides is 1. The van der Waals surface area contributed by atoms with Gasteiger partial charge in [-0.2, -0.15) is 0 Å². The molecule has 0 saturated heterocycles. The van der Waals surface area contributed by atoms with Crippen LogP contribution in [0.1, 0.15) is 17.2 Å². The highest BCUT2D eigenvalue weighted by molar-refractivity contribution is 5.38. The summed E-state index contributed by atoms with van der Waals surface area (Å²) in [6, 6.07) is 6.85. The third-order valence-electron chi connectivity index (χ3n) is 2.70. The van der Waals surface area contributed by atoms with Crippen LogP contribution in [-0.2, 0) is 6.42 Å². The van der Waals surface area contributed by atoms with Gasteiger partial charge in [-0.25, -0.2) is 4.39 Å². The number of aliphatic hydroxyl groups is 1. The lowest BCUT2D eigenvalue weighted by Gasteiger charge is -2.23. The molecule has 1 aromatic carbocycles. The molecule has 0 aliphatic heterocycles. The summed E-state index contributed by atoms with van der Waals surface area (Å²) in [6.45, 7) is -0.789. The van der Waals surface area contributed by atoms with Gasteiger partial charge in [-0.15, -0.1) is 0 Å². The zero-order valence-electron chi connectivity index (χ0n) is 7.20. The van der Waals surface area contributed by atoms with E-state index in [0.29, 0.717) is 6.42 Å². The number of hydrogen-bond donors (Lipinski definition) is 2. The van der Waals surface area contributed by atoms with Crippen LogP contribution in [0, 0.1) is 0 Å². The van der Waals surface area contributed by atoms with Gasteiger partial charge < -0.3 is 10.8 Å². The molecule has 0 bridgehead atoms. The van der Waals surface area contributed by atoms with Crippen LogP contribution in [0.15, 0.2) is 24.3 Å². The van der Waals surface area contributed by atoms with Gasteiger partial charge in [-0.1, -0.05) is 24.3 Å². The largest absolute Gasteiger partial charge is 0.385 e. The van der Waals surface area contributed by atoms with Gasteiger partial charge in [0.2, 0.25) is 0 Å². The van der Waals surface area contributed by atoms with E-state index in [1.807, 2.05) is 24.3 Å². The van der Waals surface area contributed by atoms with Crippen LogP contribution in [0.4, 0.5) is 4.39 Å². The predicted octanol–water partition coefficient (Wildman–Crippen LogP) is 0.943. The first kappa shape index (κ1) is 8.66. The van der Waals surface area contributed by atoms with Gasteiger partial charge in [0.1, 0.15) is 12.3 Å². The molecule has 70 valence electrons. The molecule has 1 unspecified atom stereocenters. The van der Waals surface area contributed by atoms with E-state index in [9.17, 15) is 9.50 Å². The van der Waals surface area contributed by atoms with Gasteiger partial charge in [-0.05, 0) is 11.1 Å². The Balaban J connectivity index is 2.43. The molecular formula is C10H12FNO. The van der Waals surface area contributed by atoms with Crippen molar-refractivity contribution in [2.45, 2.75) is 18.1 Å². The molecule has 2 nitrogen and oxygen atoms in total. The summed E-state index contributed by atoms with van der Waals surface area (Å²) in [5, 5.41) is 9.79. The lowest BCUT2D eigenvalue weighted by atomic mass is 9.98. The Labute approximate surface area is 76.2 Å². The van der Waals surface area contributed by atoms with Crippen LogP contribution in [0.3, 0.4) is 0 Å². The Hall–Kier alpha value is -0.930. The first-order valence-corrected chi connectivity index (χ1v) is 4.29. The Kier molecular flexibility index (Phi) is 1.86. The van der Waals surface area contributed by atoms with Crippen molar-refractivity contribution in [1.29, 1.82) is 0 Å². The molecule has 0 heterocycles. The number of hydrogen-bond acceptors (Lipinski definition) is 2. The fourth-order valence-electron chi connectivity index (χ4n) is 1.86. The van der Waals surface area contributed by atoms with Crippen molar-refractivity contribution >= 4 is 0 Å². The average molecular weight is 181 g/mol. The Morgan fingerprint density at radius 1 is 1.54 bits per heavy atom. The summed E-state index contributed by atoms with van der Waals surface area (Å²) in [6.07, 6.45) is 0.320. The number of rotatable bonds is 1. The summed E-state index contributed by atoms with van der Waals surface area (Å²) >= 11 is 0. The summed E-state index contributed by atoms with van der Waals surface area (Å²) in [5.41, 5.74) is 6.18. The van der Waals surface area contributed by atoms with Gasteiger partial charge in [0.15, 0.2) is 0 Å². The van der Waals surface area contributed by atoms with Gasteiger partial charge >= 0.3 is 0 Å². The van der Waals surface area contributed by atoms with E-state index in [4.69, 9.17) is 5.73 Å². The van der Waals surface area contributed by atoms with Crippen LogP contribution in [0.25, 0.3) is 0 Å². The fourth-order valence-corrected chi connectivity index (χ4v) is 1.86. The second kappa shape index (κ2) is 2.79. The summed E-state index contributed by atoms with van der Waals surface area (Å²) in [5.74, 6) is 0. The van der Waals surface area contributed by atoms with Crippen molar-refractivity contribution in [2.75, 3.05) is 6.67 Å². The van der Waals surface area contributed by atoms with E-state index in [1.165, 1.54) is 0 Å². The molecule has 1 aliphatic carbocycles. The Morgan fingerprint density at radius 3 is 2.85 bits per heavy atom. The molecule has 1 aromatic rings. The van der Waals surface area contributed by atoms with Crippen molar-refractivity contribution in [2.24, 2.45) is 5.73 Å². The van der Waals surface area contributed by atoms with E-state index in [0.717, 1.165) is 11.1 Å². The normalized spacial score (nSPS) is 31.8. The number of halogens is 1. The maximum Gasteiger partial charge on any atom is 0.120 e. The molecule has 1 aliphatic rings. The third-order valence-corrected chi connectivity index (χ3v) is 2.70. The maximum absolute atomic E-state index is 12.6. The lowest BCUT2D eigenvalue weighted by Crippen LogP contribution is -2.40. The summed E-state index contributed by atoms with van der Waals surface area (Å²) < 4.78 is 12.6. The van der Waals surface area contributed by atoms with E-state index < -0.39 is 18.3 Å². The van der Waals surface area contributed by atoms with Gasteiger partial charge in [0, 0.05) is 6.42 Å². The van der Waals surface area contributed by atoms with Crippen molar-refractivity contribution in [3.05, 3.63) is 35.4 Å². The summed E-state index contributed by atoms with van der Waals surface area (Å²) in [4.78, 5) is 0. The molecule has 13 heavy (non-hydrogen) atoms. The Bertz CT molecular complexity index is 328. The highest BCUT2D eigenvalue weighted by Gasteiger charge is 2.42. The van der Waals surface area contributed by atoms with E-state index in [2.05, 4.69) is 0 Å². The number of nitrogens with two attached hydrogens (primary N) is 1. The molecular weight excluding hydrogens is 169 g/mol. The van der Waals surface area contributed by atoms with Crippen molar-refractivity contribution in [1.82, 2.24) is 0 Å². The molecule has 3 heteroatoms. The maximum atomic E-state index is 12.6. The second-order valence-electron chi connectivity index (χ2n) is 3.59. The minimum Gasteiger partial charge on any atom is -0.385 e. The topological polar surface area (TPSA) is 46.2 Å². The second-order valence-corrected chi connectivity index (χ2v) is 3.59. The van der Waals surface area contributed by atoms with Gasteiger partial charge in [0.05, 0.1) is 6.04 Å². The molecule has 2 atom stereocenters. The van der Waals surface area contributed by atoms with E-state index in [-0.39, 0.29) is 0 Å². The summed E-state index contributed by atoms with van der Waals surface area (Å²) in [7, 11) is 0. The van der Waals surface area contributed by atoms with Crippen LogP contribution in [0.5, 0.6) is 0 Å². The van der Waals surface area contributed by atoms with Crippen LogP contribution in [-0.4, -0.2) is 17.4 Å². The van der Waals surface area contributed by atoms with Crippen LogP contribution >= 0.6 is 0 Å². The highest BCUT2D eigenvalue weighted by atomic mass is 19.1. The first-order valence-electron chi connectivity index (χ1n) is 4.29. The van der Waals surface area contributed by atoms with Crippen molar-refractivity contribution < 1.29 is 9.50 Å². The molecule has 2 rings (SSSR count). The van der Waals surface area contributed by atoms with E-state index in [1.54, 1.807) is 0 Å². The van der Waals surface area contributed by atoms with Gasteiger partial charge in [0.25, 0.3) is 0 Å². The average Bonchev–Trinajstić information content (AvgIpc) is 2.41. The molecule has 0 amide bonds. The van der Waals surface area contributed by atoms with Gasteiger partial charge in [-0.3, -0.25) is 0 Å². The SMILES string of the molecule is NC1c2ccccc2C[C@]1(O)CF. The van der Waals surface area contributed by atoms with E-state index >= 15 is 0 Å². The molecule has 0 saturated carbocycles. The Morgan fingerprint density at radius 2 is 2.23 bits per heavy atom. The smallest absolute Gasteiger partial charge is 0.120 e. The molecule has 3 N–H and O–H groups in total. The van der Waals surface area contributed by atoms with Crippen molar-refractivity contribution in [3.8, 4) is 0 Å². The minimum atomic E-state index is -1.39. The van der Waals surface area contributed by atoms with Crippen LogP contribution in [0.2, 0.25) is 0 Å². The predicted molar refractivity (Wildman–Crippen MR) is 48.0 cm³/mol. The number of benzene rings is 1. The number of fused-ring (bicyclic) bond motifs is 1. The molecule has 0 radical (unpaired) electrons. The molecule has 0 fully saturated rings. The van der Waals surface area contributed by atoms with Crippen LogP contribution < -0.4 is 5.73 Å². The fraction of sp³-hybridized carbons (Fsp3) is 0.400. The molecule has 0 spiro atoms. The molecule has 0 aromatic heterocycles. The lowest BCUT2D eigenvalue weighted by molar-refractivity contribution is 0.00199. The highest BCUT2D eigenvalue weighted by Crippen LogP contribution is 2.37. The third kappa shape index (κ3) is 1.16. The standard InChI is InChI=1S/C10H12FNO/c11-6-10(13)5-7-3-1-2-4-8(7)9(10)12/h1-4,9,13H,5-6,12H2/t9?,10-/m0/s1. The quantitative estimate of drug-likeness (QED) is 0.677. The van der Waals surface area contributed by atoms with Crippen molar-refractivity contribution in [3.63, 3.8) is 0 Å². The zero-order chi connectivity index (χ0) is 9.47. The minimum absolute atomic E-state index is 0.320. The monoisotopic (exact) mass is 181 g/mol. The zero-order valence-corrected chi connectivity index (χ0v) is 7.20. The first-order chi connectivity index (χ1) is 6.17.